The van der Waals surface area contributed by atoms with Crippen molar-refractivity contribution in [2.24, 2.45) is 10.9 Å². The number of fused-ring (bicyclic) bond motifs is 1. The second kappa shape index (κ2) is 1.81. The fourth-order valence-corrected chi connectivity index (χ4v) is 1.59. The average Bonchev–Trinajstić information content (AvgIpc) is 1.78. The molecule has 1 fully saturated rings. The molecule has 0 amide bonds. The smallest absolute Gasteiger partial charge is 0.0597 e. The van der Waals surface area contributed by atoms with Gasteiger partial charge in [-0.3, -0.25) is 4.99 Å². The third kappa shape index (κ3) is 0.778. The number of hydrogen-bond donors (Lipinski definition) is 0. The lowest BCUT2D eigenvalue weighted by Crippen LogP contribution is -2.45. The molecule has 0 saturated carbocycles. The van der Waals surface area contributed by atoms with E-state index in [4.69, 9.17) is 0 Å². The van der Waals surface area contributed by atoms with Crippen molar-refractivity contribution in [3.05, 3.63) is 0 Å². The standard InChI is InChI=1S/C7H12N2/c1-9-3-2-7-6(5-9)4-8-7/h4,6-7H,2-3,5H2,1H3. The predicted molar refractivity (Wildman–Crippen MR) is 37.9 cm³/mol. The highest BCUT2D eigenvalue weighted by atomic mass is 15.1. The Labute approximate surface area is 55.6 Å². The van der Waals surface area contributed by atoms with Crippen LogP contribution in [0.1, 0.15) is 6.42 Å². The van der Waals surface area contributed by atoms with Crippen LogP contribution in [-0.2, 0) is 0 Å². The van der Waals surface area contributed by atoms with Crippen molar-refractivity contribution < 1.29 is 0 Å². The van der Waals surface area contributed by atoms with Crippen LogP contribution in [0.5, 0.6) is 0 Å². The van der Waals surface area contributed by atoms with Crippen LogP contribution in [0.25, 0.3) is 0 Å². The Morgan fingerprint density at radius 3 is 3.00 bits per heavy atom. The van der Waals surface area contributed by atoms with Gasteiger partial charge in [0.05, 0.1) is 6.04 Å². The summed E-state index contributed by atoms with van der Waals surface area (Å²) >= 11 is 0. The highest BCUT2D eigenvalue weighted by Crippen LogP contribution is 2.23. The molecule has 2 nitrogen and oxygen atoms in total. The van der Waals surface area contributed by atoms with E-state index in [0.29, 0.717) is 6.04 Å². The van der Waals surface area contributed by atoms with Gasteiger partial charge in [0.1, 0.15) is 0 Å². The quantitative estimate of drug-likeness (QED) is 0.456. The molecular formula is C7H12N2. The summed E-state index contributed by atoms with van der Waals surface area (Å²) in [6, 6.07) is 0.696. The molecule has 2 unspecified atom stereocenters. The van der Waals surface area contributed by atoms with Gasteiger partial charge in [0, 0.05) is 18.7 Å². The lowest BCUT2D eigenvalue weighted by atomic mass is 9.89. The first kappa shape index (κ1) is 5.42. The summed E-state index contributed by atoms with van der Waals surface area (Å²) in [5, 5.41) is 0. The fourth-order valence-electron chi connectivity index (χ4n) is 1.59. The molecule has 50 valence electrons. The van der Waals surface area contributed by atoms with Crippen molar-refractivity contribution in [1.82, 2.24) is 4.90 Å². The Bertz CT molecular complexity index is 142. The van der Waals surface area contributed by atoms with E-state index in [-0.39, 0.29) is 0 Å². The second-order valence-corrected chi connectivity index (χ2v) is 3.08. The summed E-state index contributed by atoms with van der Waals surface area (Å²) in [7, 11) is 2.18. The van der Waals surface area contributed by atoms with Crippen LogP contribution in [0.3, 0.4) is 0 Å². The van der Waals surface area contributed by atoms with Crippen LogP contribution >= 0.6 is 0 Å². The highest BCUT2D eigenvalue weighted by molar-refractivity contribution is 5.68. The van der Waals surface area contributed by atoms with Crippen molar-refractivity contribution in [1.29, 1.82) is 0 Å². The van der Waals surface area contributed by atoms with E-state index in [1.165, 1.54) is 19.5 Å². The molecule has 0 aromatic carbocycles. The van der Waals surface area contributed by atoms with E-state index in [0.717, 1.165) is 5.92 Å². The molecule has 1 saturated heterocycles. The van der Waals surface area contributed by atoms with E-state index >= 15 is 0 Å². The molecule has 0 aromatic heterocycles. The van der Waals surface area contributed by atoms with E-state index in [2.05, 4.69) is 23.2 Å². The van der Waals surface area contributed by atoms with Gasteiger partial charge in [-0.1, -0.05) is 0 Å². The van der Waals surface area contributed by atoms with Crippen LogP contribution in [0.15, 0.2) is 4.99 Å². The fraction of sp³-hybridized carbons (Fsp3) is 0.857. The minimum Gasteiger partial charge on any atom is -0.306 e. The van der Waals surface area contributed by atoms with E-state index in [9.17, 15) is 0 Å². The summed E-state index contributed by atoms with van der Waals surface area (Å²) in [6.45, 7) is 2.46. The van der Waals surface area contributed by atoms with Crippen LogP contribution in [0, 0.1) is 5.92 Å². The molecule has 2 heteroatoms. The molecule has 2 atom stereocenters. The van der Waals surface area contributed by atoms with Crippen molar-refractivity contribution >= 4 is 6.21 Å². The van der Waals surface area contributed by atoms with E-state index in [1.54, 1.807) is 0 Å². The SMILES string of the molecule is CN1CCC2N=CC2C1. The van der Waals surface area contributed by atoms with Gasteiger partial charge in [0.15, 0.2) is 0 Å². The maximum absolute atomic E-state index is 4.27. The zero-order valence-electron chi connectivity index (χ0n) is 5.75. The van der Waals surface area contributed by atoms with Gasteiger partial charge in [-0.05, 0) is 20.0 Å². The summed E-state index contributed by atoms with van der Waals surface area (Å²) in [6.07, 6.45) is 3.37. The maximum atomic E-state index is 4.27. The molecule has 0 bridgehead atoms. The van der Waals surface area contributed by atoms with E-state index in [1.807, 2.05) is 0 Å². The average molecular weight is 124 g/mol. The van der Waals surface area contributed by atoms with Gasteiger partial charge < -0.3 is 4.90 Å². The van der Waals surface area contributed by atoms with Crippen molar-refractivity contribution in [2.45, 2.75) is 12.5 Å². The molecular weight excluding hydrogens is 112 g/mol. The number of piperidine rings is 1. The topological polar surface area (TPSA) is 15.6 Å². The van der Waals surface area contributed by atoms with Crippen LogP contribution in [-0.4, -0.2) is 37.3 Å². The summed E-state index contributed by atoms with van der Waals surface area (Å²) in [5.74, 6) is 0.795. The number of likely N-dealkylation sites (tertiary alicyclic amines) is 1. The first-order chi connectivity index (χ1) is 4.36. The number of aliphatic imine (C=N–C) groups is 1. The van der Waals surface area contributed by atoms with Crippen molar-refractivity contribution in [3.63, 3.8) is 0 Å². The van der Waals surface area contributed by atoms with Gasteiger partial charge >= 0.3 is 0 Å². The zero-order valence-corrected chi connectivity index (χ0v) is 5.75. The van der Waals surface area contributed by atoms with Gasteiger partial charge in [-0.2, -0.15) is 0 Å². The summed E-state index contributed by atoms with van der Waals surface area (Å²) in [5.41, 5.74) is 0. The molecule has 2 rings (SSSR count). The first-order valence-electron chi connectivity index (χ1n) is 3.58. The Morgan fingerprint density at radius 2 is 2.56 bits per heavy atom. The lowest BCUT2D eigenvalue weighted by molar-refractivity contribution is 0.212. The molecule has 0 N–H and O–H groups in total. The molecule has 2 aliphatic rings. The molecule has 0 radical (unpaired) electrons. The third-order valence-corrected chi connectivity index (χ3v) is 2.29. The Morgan fingerprint density at radius 1 is 1.67 bits per heavy atom. The van der Waals surface area contributed by atoms with Gasteiger partial charge in [0.2, 0.25) is 0 Å². The predicted octanol–water partition coefficient (Wildman–Crippen LogP) is 0.391. The van der Waals surface area contributed by atoms with Crippen molar-refractivity contribution in [3.8, 4) is 0 Å². The molecule has 2 aliphatic heterocycles. The molecule has 9 heavy (non-hydrogen) atoms. The third-order valence-electron chi connectivity index (χ3n) is 2.29. The van der Waals surface area contributed by atoms with Crippen LogP contribution in [0.2, 0.25) is 0 Å². The maximum Gasteiger partial charge on any atom is 0.0597 e. The van der Waals surface area contributed by atoms with E-state index < -0.39 is 0 Å². The van der Waals surface area contributed by atoms with Crippen LogP contribution < -0.4 is 0 Å². The van der Waals surface area contributed by atoms with Crippen molar-refractivity contribution in [2.75, 3.05) is 20.1 Å². The molecule has 0 aliphatic carbocycles. The molecule has 0 spiro atoms. The molecule has 0 aromatic rings. The Hall–Kier alpha value is -0.370. The second-order valence-electron chi connectivity index (χ2n) is 3.08. The zero-order chi connectivity index (χ0) is 6.27. The summed E-state index contributed by atoms with van der Waals surface area (Å²) in [4.78, 5) is 6.66. The normalized spacial score (nSPS) is 41.9. The van der Waals surface area contributed by atoms with Gasteiger partial charge in [0.25, 0.3) is 0 Å². The number of hydrogen-bond acceptors (Lipinski definition) is 2. The minimum atomic E-state index is 0.696. The van der Waals surface area contributed by atoms with Gasteiger partial charge in [-0.25, -0.2) is 0 Å². The first-order valence-corrected chi connectivity index (χ1v) is 3.58. The Balaban J connectivity index is 2.01. The number of nitrogens with zero attached hydrogens (tertiary/aromatic N) is 2. The number of rotatable bonds is 0. The van der Waals surface area contributed by atoms with Gasteiger partial charge in [-0.15, -0.1) is 0 Å². The van der Waals surface area contributed by atoms with Crippen LogP contribution in [0.4, 0.5) is 0 Å². The Kier molecular flexibility index (Phi) is 1.09. The largest absolute Gasteiger partial charge is 0.306 e. The monoisotopic (exact) mass is 124 g/mol. The molecule has 2 heterocycles. The summed E-state index contributed by atoms with van der Waals surface area (Å²) < 4.78 is 0. The minimum absolute atomic E-state index is 0.696. The highest BCUT2D eigenvalue weighted by Gasteiger charge is 2.30. The lowest BCUT2D eigenvalue weighted by Gasteiger charge is -2.37.